The van der Waals surface area contributed by atoms with E-state index in [2.05, 4.69) is 0 Å². The molecule has 0 saturated carbocycles. The Morgan fingerprint density at radius 1 is 1.07 bits per heavy atom. The minimum Gasteiger partial charge on any atom is -0.493 e. The van der Waals surface area contributed by atoms with E-state index in [4.69, 9.17) is 21.1 Å². The van der Waals surface area contributed by atoms with Crippen LogP contribution in [0.1, 0.15) is 17.5 Å². The highest BCUT2D eigenvalue weighted by Gasteiger charge is 2.32. The molecule has 0 aromatic heterocycles. The van der Waals surface area contributed by atoms with E-state index in [0.717, 1.165) is 5.56 Å². The van der Waals surface area contributed by atoms with E-state index < -0.39 is 10.0 Å². The van der Waals surface area contributed by atoms with Gasteiger partial charge in [-0.15, -0.1) is 0 Å². The van der Waals surface area contributed by atoms with Crippen LogP contribution in [0.5, 0.6) is 11.5 Å². The Balaban J connectivity index is 2.25. The van der Waals surface area contributed by atoms with E-state index in [1.54, 1.807) is 36.4 Å². The van der Waals surface area contributed by atoms with Crippen LogP contribution in [-0.2, 0) is 14.8 Å². The average Bonchev–Trinajstić information content (AvgIpc) is 2.83. The summed E-state index contributed by atoms with van der Waals surface area (Å²) < 4.78 is 38.7. The van der Waals surface area contributed by atoms with Crippen LogP contribution in [0.4, 0.5) is 5.69 Å². The molecule has 28 heavy (non-hydrogen) atoms. The largest absolute Gasteiger partial charge is 0.493 e. The summed E-state index contributed by atoms with van der Waals surface area (Å²) >= 11 is 6.45. The fourth-order valence-electron chi connectivity index (χ4n) is 3.07. The maximum atomic E-state index is 13.4. The van der Waals surface area contributed by atoms with E-state index in [9.17, 15) is 13.2 Å². The Kier molecular flexibility index (Phi) is 5.67. The minimum atomic E-state index is -3.88. The number of rotatable bonds is 5. The second-order valence-electron chi connectivity index (χ2n) is 6.32. The van der Waals surface area contributed by atoms with Gasteiger partial charge < -0.3 is 9.47 Å². The van der Waals surface area contributed by atoms with E-state index in [1.165, 1.54) is 18.5 Å². The molecule has 1 aliphatic rings. The lowest BCUT2D eigenvalue weighted by Gasteiger charge is -2.26. The third-order valence-electron chi connectivity index (χ3n) is 4.62. The first kappa shape index (κ1) is 20.2. The summed E-state index contributed by atoms with van der Waals surface area (Å²) in [6.45, 7) is 1.96. The molecule has 8 heteroatoms. The van der Waals surface area contributed by atoms with Crippen molar-refractivity contribution in [1.82, 2.24) is 0 Å². The molecule has 1 aliphatic heterocycles. The molecule has 0 radical (unpaired) electrons. The fraction of sp³-hybridized carbons (Fsp3) is 0.250. The second-order valence-corrected chi connectivity index (χ2v) is 8.56. The minimum absolute atomic E-state index is 0.0724. The van der Waals surface area contributed by atoms with Crippen molar-refractivity contribution in [3.63, 3.8) is 0 Å². The molecule has 1 heterocycles. The number of hydrogen-bond acceptors (Lipinski definition) is 5. The van der Waals surface area contributed by atoms with Gasteiger partial charge >= 0.3 is 0 Å². The first-order chi connectivity index (χ1) is 13.3. The normalized spacial score (nSPS) is 14.4. The predicted molar refractivity (Wildman–Crippen MR) is 109 cm³/mol. The van der Waals surface area contributed by atoms with Crippen molar-refractivity contribution in [3.05, 3.63) is 53.1 Å². The number of nitrogens with zero attached hydrogens (tertiary/aromatic N) is 1. The lowest BCUT2D eigenvalue weighted by molar-refractivity contribution is -0.104. The Morgan fingerprint density at radius 2 is 1.68 bits per heavy atom. The Bertz CT molecular complexity index is 1050. The number of benzene rings is 2. The SMILES string of the molecule is COc1cc2c(cc1OC)N(S(=O)(=O)c1ccc(C)cc1)CCC(C=O)=C2Cl. The van der Waals surface area contributed by atoms with Crippen LogP contribution in [0.2, 0.25) is 0 Å². The summed E-state index contributed by atoms with van der Waals surface area (Å²) in [6.07, 6.45) is 0.845. The highest BCUT2D eigenvalue weighted by atomic mass is 35.5. The molecule has 0 saturated heterocycles. The number of ether oxygens (including phenoxy) is 2. The highest BCUT2D eigenvalue weighted by Crippen LogP contribution is 2.44. The van der Waals surface area contributed by atoms with Crippen molar-refractivity contribution in [2.45, 2.75) is 18.2 Å². The van der Waals surface area contributed by atoms with Crippen molar-refractivity contribution >= 4 is 38.6 Å². The van der Waals surface area contributed by atoms with Crippen LogP contribution in [0.15, 0.2) is 46.9 Å². The van der Waals surface area contributed by atoms with E-state index in [0.29, 0.717) is 34.6 Å². The number of methoxy groups -OCH3 is 2. The monoisotopic (exact) mass is 421 g/mol. The molecule has 0 unspecified atom stereocenters. The summed E-state index contributed by atoms with van der Waals surface area (Å²) in [7, 11) is -0.941. The van der Waals surface area contributed by atoms with Gasteiger partial charge in [0.25, 0.3) is 10.0 Å². The Morgan fingerprint density at radius 3 is 2.25 bits per heavy atom. The molecule has 3 rings (SSSR count). The van der Waals surface area contributed by atoms with Gasteiger partial charge in [0.15, 0.2) is 11.5 Å². The van der Waals surface area contributed by atoms with Gasteiger partial charge in [-0.05, 0) is 31.5 Å². The molecular weight excluding hydrogens is 402 g/mol. The van der Waals surface area contributed by atoms with Crippen molar-refractivity contribution < 1.29 is 22.7 Å². The molecular formula is C20H20ClNO5S. The first-order valence-corrected chi connectivity index (χ1v) is 10.3. The van der Waals surface area contributed by atoms with Crippen molar-refractivity contribution in [2.75, 3.05) is 25.1 Å². The van der Waals surface area contributed by atoms with Crippen LogP contribution >= 0.6 is 11.6 Å². The van der Waals surface area contributed by atoms with Crippen molar-refractivity contribution in [3.8, 4) is 11.5 Å². The summed E-state index contributed by atoms with van der Waals surface area (Å²) in [6, 6.07) is 9.75. The fourth-order valence-corrected chi connectivity index (χ4v) is 4.84. The summed E-state index contributed by atoms with van der Waals surface area (Å²) in [5.74, 6) is 0.753. The van der Waals surface area contributed by atoms with Crippen molar-refractivity contribution in [1.29, 1.82) is 0 Å². The number of aryl methyl sites for hydroxylation is 1. The smallest absolute Gasteiger partial charge is 0.264 e. The number of carbonyl (C=O) groups is 1. The number of aldehydes is 1. The van der Waals surface area contributed by atoms with E-state index in [1.807, 2.05) is 6.92 Å². The molecule has 0 atom stereocenters. The summed E-state index contributed by atoms with van der Waals surface area (Å²) in [4.78, 5) is 11.7. The molecule has 2 aromatic rings. The van der Waals surface area contributed by atoms with Gasteiger partial charge in [-0.3, -0.25) is 9.10 Å². The van der Waals surface area contributed by atoms with Crippen LogP contribution in [0, 0.1) is 6.92 Å². The van der Waals surface area contributed by atoms with Gasteiger partial charge in [-0.1, -0.05) is 29.3 Å². The number of fused-ring (bicyclic) bond motifs is 1. The number of anilines is 1. The van der Waals surface area contributed by atoms with Crippen molar-refractivity contribution in [2.24, 2.45) is 0 Å². The Hall–Kier alpha value is -2.51. The molecule has 0 N–H and O–H groups in total. The van der Waals surface area contributed by atoms with Gasteiger partial charge in [-0.2, -0.15) is 0 Å². The lowest BCUT2D eigenvalue weighted by Crippen LogP contribution is -2.32. The molecule has 6 nitrogen and oxygen atoms in total. The predicted octanol–water partition coefficient (Wildman–Crippen LogP) is 3.76. The summed E-state index contributed by atoms with van der Waals surface area (Å²) in [5, 5.41) is 0.201. The van der Waals surface area contributed by atoms with E-state index in [-0.39, 0.29) is 22.9 Å². The molecule has 0 fully saturated rings. The van der Waals surface area contributed by atoms with Gasteiger partial charge in [0, 0.05) is 23.7 Å². The third-order valence-corrected chi connectivity index (χ3v) is 6.90. The maximum absolute atomic E-state index is 13.4. The van der Waals surface area contributed by atoms with Crippen LogP contribution < -0.4 is 13.8 Å². The summed E-state index contributed by atoms with van der Waals surface area (Å²) in [5.41, 5.74) is 2.01. The average molecular weight is 422 g/mol. The lowest BCUT2D eigenvalue weighted by atomic mass is 10.1. The zero-order chi connectivity index (χ0) is 20.5. The van der Waals surface area contributed by atoms with Gasteiger partial charge in [0.2, 0.25) is 0 Å². The van der Waals surface area contributed by atoms with E-state index >= 15 is 0 Å². The number of hydrogen-bond donors (Lipinski definition) is 0. The molecule has 0 aliphatic carbocycles. The third kappa shape index (κ3) is 3.47. The molecule has 148 valence electrons. The van der Waals surface area contributed by atoms with Gasteiger partial charge in [-0.25, -0.2) is 8.42 Å². The molecule has 0 amide bonds. The molecule has 2 aromatic carbocycles. The van der Waals surface area contributed by atoms with Gasteiger partial charge in [0.05, 0.1) is 29.8 Å². The number of carbonyl (C=O) groups excluding carboxylic acids is 1. The first-order valence-electron chi connectivity index (χ1n) is 8.53. The van der Waals surface area contributed by atoms with Crippen LogP contribution in [0.25, 0.3) is 5.03 Å². The Labute approximate surface area is 169 Å². The zero-order valence-corrected chi connectivity index (χ0v) is 17.3. The van der Waals surface area contributed by atoms with Crippen LogP contribution in [-0.4, -0.2) is 35.5 Å². The zero-order valence-electron chi connectivity index (χ0n) is 15.7. The highest BCUT2D eigenvalue weighted by molar-refractivity contribution is 7.92. The van der Waals surface area contributed by atoms with Gasteiger partial charge in [0.1, 0.15) is 6.29 Å². The maximum Gasteiger partial charge on any atom is 0.264 e. The second kappa shape index (κ2) is 7.85. The van der Waals surface area contributed by atoms with Crippen LogP contribution in [0.3, 0.4) is 0 Å². The quantitative estimate of drug-likeness (QED) is 0.687. The number of halogens is 1. The molecule has 0 spiro atoms. The topological polar surface area (TPSA) is 72.9 Å². The number of sulfonamides is 1. The molecule has 0 bridgehead atoms. The standard InChI is InChI=1S/C20H20ClNO5S/c1-13-4-6-15(7-5-13)28(24,25)22-9-8-14(12-23)20(21)16-10-18(26-2)19(27-3)11-17(16)22/h4-7,10-12H,8-9H2,1-3H3.